The van der Waals surface area contributed by atoms with Gasteiger partial charge in [-0.05, 0) is 57.7 Å². The molecule has 0 spiro atoms. The van der Waals surface area contributed by atoms with Crippen LogP contribution >= 0.6 is 0 Å². The Balaban J connectivity index is 0.000000310. The van der Waals surface area contributed by atoms with Gasteiger partial charge >= 0.3 is 6.18 Å². The fourth-order valence-electron chi connectivity index (χ4n) is 4.24. The van der Waals surface area contributed by atoms with Crippen LogP contribution in [0.25, 0.3) is 22.4 Å². The lowest BCUT2D eigenvalue weighted by Crippen LogP contribution is -2.17. The van der Waals surface area contributed by atoms with E-state index in [9.17, 15) is 22.0 Å². The summed E-state index contributed by atoms with van der Waals surface area (Å²) in [6.07, 6.45) is 2.84. The average Bonchev–Trinajstić information content (AvgIpc) is 3.58. The van der Waals surface area contributed by atoms with E-state index in [2.05, 4.69) is 25.0 Å². The van der Waals surface area contributed by atoms with Crippen molar-refractivity contribution in [2.24, 2.45) is 0 Å². The van der Waals surface area contributed by atoms with Crippen LogP contribution in [0.2, 0.25) is 0 Å². The molecule has 0 atom stereocenters. The summed E-state index contributed by atoms with van der Waals surface area (Å²) in [7, 11) is 0. The fourth-order valence-corrected chi connectivity index (χ4v) is 4.24. The third-order valence-electron chi connectivity index (χ3n) is 6.60. The molecule has 4 aromatic rings. The van der Waals surface area contributed by atoms with Crippen LogP contribution in [0.1, 0.15) is 60.4 Å². The summed E-state index contributed by atoms with van der Waals surface area (Å²) in [5.74, 6) is -2.55. The molecule has 1 saturated heterocycles. The van der Waals surface area contributed by atoms with Crippen molar-refractivity contribution in [3.05, 3.63) is 65.0 Å². The molecule has 2 aliphatic rings. The second kappa shape index (κ2) is 10.3. The molecule has 0 unspecified atom stereocenters. The topological polar surface area (TPSA) is 78.6 Å². The maximum absolute atomic E-state index is 14.7. The second-order valence-electron chi connectivity index (χ2n) is 9.41. The number of nitrogens with zero attached hydrogens (tertiary/aromatic N) is 6. The number of fused-ring (bicyclic) bond motifs is 1. The minimum Gasteiger partial charge on any atom is -0.381 e. The van der Waals surface area contributed by atoms with Crippen LogP contribution in [-0.4, -0.2) is 42.9 Å². The lowest BCUT2D eigenvalue weighted by molar-refractivity contribution is -0.138. The maximum atomic E-state index is 14.7. The van der Waals surface area contributed by atoms with Crippen molar-refractivity contribution in [3.63, 3.8) is 0 Å². The first-order valence-electron chi connectivity index (χ1n) is 12.3. The highest BCUT2D eigenvalue weighted by Gasteiger charge is 2.34. The lowest BCUT2D eigenvalue weighted by Gasteiger charge is -2.21. The van der Waals surface area contributed by atoms with Crippen molar-refractivity contribution in [2.45, 2.75) is 57.7 Å². The Morgan fingerprint density at radius 1 is 0.895 bits per heavy atom. The minimum absolute atomic E-state index is 0.0338. The van der Waals surface area contributed by atoms with Crippen LogP contribution in [0.3, 0.4) is 0 Å². The van der Waals surface area contributed by atoms with Crippen LogP contribution in [0.15, 0.2) is 30.6 Å². The number of aromatic nitrogens is 6. The number of alkyl halides is 3. The Morgan fingerprint density at radius 3 is 2.13 bits per heavy atom. The first-order valence-corrected chi connectivity index (χ1v) is 12.3. The van der Waals surface area contributed by atoms with Gasteiger partial charge in [-0.25, -0.2) is 28.7 Å². The van der Waals surface area contributed by atoms with Gasteiger partial charge in [-0.2, -0.15) is 18.3 Å². The molecule has 0 N–H and O–H groups in total. The highest BCUT2D eigenvalue weighted by molar-refractivity contribution is 5.87. The van der Waals surface area contributed by atoms with E-state index in [0.717, 1.165) is 6.04 Å². The quantitative estimate of drug-likeness (QED) is 0.296. The number of halogens is 5. The predicted molar refractivity (Wildman–Crippen MR) is 128 cm³/mol. The molecule has 1 aromatic carbocycles. The van der Waals surface area contributed by atoms with E-state index in [1.165, 1.54) is 12.8 Å². The van der Waals surface area contributed by atoms with Crippen molar-refractivity contribution in [2.75, 3.05) is 13.2 Å². The Hall–Kier alpha value is -3.54. The Morgan fingerprint density at radius 2 is 1.55 bits per heavy atom. The van der Waals surface area contributed by atoms with E-state index < -0.39 is 28.9 Å². The summed E-state index contributed by atoms with van der Waals surface area (Å²) in [5.41, 5.74) is -1.04. The summed E-state index contributed by atoms with van der Waals surface area (Å²) in [6, 6.07) is 3.23. The van der Waals surface area contributed by atoms with Gasteiger partial charge in [0.25, 0.3) is 0 Å². The molecule has 2 fully saturated rings. The normalized spacial score (nSPS) is 16.4. The fraction of sp³-hybridized carbons (Fsp3) is 0.423. The highest BCUT2D eigenvalue weighted by atomic mass is 19.4. The van der Waals surface area contributed by atoms with Crippen LogP contribution in [0.5, 0.6) is 0 Å². The molecule has 0 amide bonds. The van der Waals surface area contributed by atoms with E-state index in [4.69, 9.17) is 4.74 Å². The molecule has 1 aliphatic carbocycles. The van der Waals surface area contributed by atoms with Gasteiger partial charge in [0.15, 0.2) is 5.65 Å². The molecule has 0 bridgehead atoms. The minimum atomic E-state index is -4.88. The molecule has 38 heavy (non-hydrogen) atoms. The number of benzene rings is 1. The van der Waals surface area contributed by atoms with Gasteiger partial charge in [-0.1, -0.05) is 0 Å². The van der Waals surface area contributed by atoms with Crippen LogP contribution < -0.4 is 0 Å². The standard InChI is InChI=1S/C20H17F5N4O.C6H8N2/c1-9-10(2)27-19-17(26-9)16(28-18(29-19)11-3-5-30-6-4-11)15-13(21)7-12(8-14(15)22)20(23,24)25;1-4-7-8(5-1)6-2-3-6/h7-8,11H,3-6H2,1-2H3;1,4-6H,2-3H2. The number of hydrogen-bond acceptors (Lipinski definition) is 6. The predicted octanol–water partition coefficient (Wildman–Crippen LogP) is 6.11. The van der Waals surface area contributed by atoms with Crippen molar-refractivity contribution >= 4 is 11.2 Å². The molecule has 0 radical (unpaired) electrons. The number of rotatable bonds is 3. The number of ether oxygens (including phenoxy) is 1. The van der Waals surface area contributed by atoms with Crippen LogP contribution in [0, 0.1) is 25.5 Å². The summed E-state index contributed by atoms with van der Waals surface area (Å²) in [5, 5.41) is 4.09. The zero-order valence-electron chi connectivity index (χ0n) is 20.8. The molecule has 4 heterocycles. The van der Waals surface area contributed by atoms with Gasteiger partial charge in [0, 0.05) is 31.5 Å². The van der Waals surface area contributed by atoms with Gasteiger partial charge < -0.3 is 4.74 Å². The summed E-state index contributed by atoms with van der Waals surface area (Å²) in [6.45, 7) is 4.36. The second-order valence-corrected chi connectivity index (χ2v) is 9.41. The molecule has 1 aliphatic heterocycles. The van der Waals surface area contributed by atoms with Gasteiger partial charge in [0.1, 0.15) is 28.7 Å². The van der Waals surface area contributed by atoms with Crippen LogP contribution in [-0.2, 0) is 10.9 Å². The molecule has 1 saturated carbocycles. The average molecular weight is 533 g/mol. The number of hydrogen-bond donors (Lipinski definition) is 0. The first kappa shape index (κ1) is 26.1. The zero-order chi connectivity index (χ0) is 27.0. The van der Waals surface area contributed by atoms with E-state index >= 15 is 0 Å². The number of aryl methyl sites for hydroxylation is 2. The van der Waals surface area contributed by atoms with Crippen LogP contribution in [0.4, 0.5) is 22.0 Å². The van der Waals surface area contributed by atoms with Crippen molar-refractivity contribution in [1.82, 2.24) is 29.7 Å². The molecular weight excluding hydrogens is 507 g/mol. The molecule has 200 valence electrons. The lowest BCUT2D eigenvalue weighted by atomic mass is 9.98. The Kier molecular flexibility index (Phi) is 7.08. The van der Waals surface area contributed by atoms with Gasteiger partial charge in [-0.15, -0.1) is 0 Å². The van der Waals surface area contributed by atoms with Gasteiger partial charge in [0.2, 0.25) is 0 Å². The Bertz CT molecular complexity index is 1420. The smallest absolute Gasteiger partial charge is 0.381 e. The first-order chi connectivity index (χ1) is 18.1. The van der Waals surface area contributed by atoms with E-state index in [1.54, 1.807) is 13.8 Å². The third kappa shape index (κ3) is 5.50. The van der Waals surface area contributed by atoms with Crippen molar-refractivity contribution in [3.8, 4) is 11.3 Å². The molecule has 7 nitrogen and oxygen atoms in total. The molecule has 3 aromatic heterocycles. The summed E-state index contributed by atoms with van der Waals surface area (Å²) >= 11 is 0. The van der Waals surface area contributed by atoms with Gasteiger partial charge in [0.05, 0.1) is 28.6 Å². The summed E-state index contributed by atoms with van der Waals surface area (Å²) in [4.78, 5) is 17.5. The molecule has 6 rings (SSSR count). The van der Waals surface area contributed by atoms with E-state index in [0.29, 0.717) is 43.3 Å². The summed E-state index contributed by atoms with van der Waals surface area (Å²) < 4.78 is 75.7. The van der Waals surface area contributed by atoms with E-state index in [1.807, 2.05) is 23.1 Å². The Labute approximate surface area is 215 Å². The largest absolute Gasteiger partial charge is 0.416 e. The maximum Gasteiger partial charge on any atom is 0.416 e. The third-order valence-corrected chi connectivity index (χ3v) is 6.60. The van der Waals surface area contributed by atoms with E-state index in [-0.39, 0.29) is 34.9 Å². The SMILES string of the molecule is Cc1nc2nc(C3CCOCC3)nc(-c3c(F)cc(C(F)(F)F)cc3F)c2nc1C.c1cnn(C2CC2)c1. The molecular formula is C26H25F5N6O. The van der Waals surface area contributed by atoms with Crippen molar-refractivity contribution in [1.29, 1.82) is 0 Å². The highest BCUT2D eigenvalue weighted by Crippen LogP contribution is 2.37. The van der Waals surface area contributed by atoms with Gasteiger partial charge in [-0.3, -0.25) is 4.68 Å². The van der Waals surface area contributed by atoms with Crippen molar-refractivity contribution < 1.29 is 26.7 Å². The zero-order valence-corrected chi connectivity index (χ0v) is 20.8. The monoisotopic (exact) mass is 532 g/mol. The molecule has 12 heteroatoms.